The van der Waals surface area contributed by atoms with Gasteiger partial charge >= 0.3 is 0 Å². The van der Waals surface area contributed by atoms with Gasteiger partial charge in [0.1, 0.15) is 11.9 Å². The van der Waals surface area contributed by atoms with Crippen molar-refractivity contribution in [3.8, 4) is 12.1 Å². The molecule has 0 saturated heterocycles. The van der Waals surface area contributed by atoms with Crippen molar-refractivity contribution in [3.05, 3.63) is 58.4 Å². The summed E-state index contributed by atoms with van der Waals surface area (Å²) in [5.41, 5.74) is 1.53. The molecule has 0 atom stereocenters. The average Bonchev–Trinajstić information content (AvgIpc) is 2.43. The molecule has 2 aromatic rings. The van der Waals surface area contributed by atoms with E-state index in [0.29, 0.717) is 22.0 Å². The maximum absolute atomic E-state index is 13.2. The summed E-state index contributed by atoms with van der Waals surface area (Å²) in [6.45, 7) is 0. The van der Waals surface area contributed by atoms with E-state index in [1.165, 1.54) is 24.3 Å². The molecule has 2 aromatic carbocycles. The van der Waals surface area contributed by atoms with Crippen LogP contribution in [-0.2, 0) is 0 Å². The number of anilines is 2. The minimum Gasteiger partial charge on any atom is -0.354 e. The first-order chi connectivity index (χ1) is 9.13. The van der Waals surface area contributed by atoms with Crippen LogP contribution in [0, 0.1) is 28.5 Å². The molecule has 5 heteroatoms. The van der Waals surface area contributed by atoms with Crippen molar-refractivity contribution >= 4 is 23.0 Å². The minimum atomic E-state index is -0.570. The van der Waals surface area contributed by atoms with E-state index < -0.39 is 5.82 Å². The summed E-state index contributed by atoms with van der Waals surface area (Å²) in [4.78, 5) is 0. The van der Waals surface area contributed by atoms with E-state index in [2.05, 4.69) is 5.32 Å². The Bertz CT molecular complexity index is 714. The van der Waals surface area contributed by atoms with Crippen LogP contribution in [0.1, 0.15) is 11.1 Å². The van der Waals surface area contributed by atoms with Gasteiger partial charge in [0, 0.05) is 5.69 Å². The minimum absolute atomic E-state index is 0.0465. The monoisotopic (exact) mass is 271 g/mol. The highest BCUT2D eigenvalue weighted by Gasteiger charge is 2.05. The van der Waals surface area contributed by atoms with Crippen LogP contribution in [0.15, 0.2) is 36.4 Å². The fraction of sp³-hybridized carbons (Fsp3) is 0. The van der Waals surface area contributed by atoms with E-state index in [4.69, 9.17) is 22.1 Å². The molecule has 0 unspecified atom stereocenters. The molecule has 0 fully saturated rings. The van der Waals surface area contributed by atoms with E-state index in [1.807, 2.05) is 6.07 Å². The molecule has 1 N–H and O–H groups in total. The zero-order chi connectivity index (χ0) is 13.8. The highest BCUT2D eigenvalue weighted by Crippen LogP contribution is 2.27. The molecular weight excluding hydrogens is 265 g/mol. The number of rotatable bonds is 2. The summed E-state index contributed by atoms with van der Waals surface area (Å²) in [6, 6.07) is 12.6. The Morgan fingerprint density at radius 3 is 2.47 bits per heavy atom. The van der Waals surface area contributed by atoms with Gasteiger partial charge in [-0.25, -0.2) is 4.39 Å². The van der Waals surface area contributed by atoms with E-state index in [-0.39, 0.29) is 5.56 Å². The molecule has 19 heavy (non-hydrogen) atoms. The Morgan fingerprint density at radius 2 is 1.84 bits per heavy atom. The third-order valence-electron chi connectivity index (χ3n) is 2.46. The summed E-state index contributed by atoms with van der Waals surface area (Å²) < 4.78 is 13.2. The summed E-state index contributed by atoms with van der Waals surface area (Å²) in [5, 5.41) is 20.8. The highest BCUT2D eigenvalue weighted by molar-refractivity contribution is 6.33. The van der Waals surface area contributed by atoms with Gasteiger partial charge in [-0.15, -0.1) is 0 Å². The molecule has 0 aromatic heterocycles. The van der Waals surface area contributed by atoms with Gasteiger partial charge in [-0.05, 0) is 36.4 Å². The van der Waals surface area contributed by atoms with Gasteiger partial charge in [0.05, 0.1) is 27.9 Å². The number of nitriles is 2. The number of benzene rings is 2. The largest absolute Gasteiger partial charge is 0.354 e. The summed E-state index contributed by atoms with van der Waals surface area (Å²) in [6.07, 6.45) is 0. The number of nitrogens with one attached hydrogen (secondary N) is 1. The topological polar surface area (TPSA) is 59.6 Å². The van der Waals surface area contributed by atoms with Gasteiger partial charge in [-0.3, -0.25) is 0 Å². The second kappa shape index (κ2) is 5.39. The zero-order valence-corrected chi connectivity index (χ0v) is 10.4. The lowest BCUT2D eigenvalue weighted by Crippen LogP contribution is -1.94. The molecule has 92 valence electrons. The molecule has 0 aliphatic heterocycles. The van der Waals surface area contributed by atoms with Crippen LogP contribution in [0.5, 0.6) is 0 Å². The third kappa shape index (κ3) is 2.82. The molecule has 0 radical (unpaired) electrons. The van der Waals surface area contributed by atoms with Crippen molar-refractivity contribution in [3.63, 3.8) is 0 Å². The van der Waals surface area contributed by atoms with Crippen molar-refractivity contribution in [2.45, 2.75) is 0 Å². The van der Waals surface area contributed by atoms with Crippen molar-refractivity contribution < 1.29 is 4.39 Å². The summed E-state index contributed by atoms with van der Waals surface area (Å²) >= 11 is 6.01. The van der Waals surface area contributed by atoms with Crippen LogP contribution < -0.4 is 5.32 Å². The Labute approximate surface area is 114 Å². The molecule has 0 heterocycles. The lowest BCUT2D eigenvalue weighted by molar-refractivity contribution is 0.624. The fourth-order valence-corrected chi connectivity index (χ4v) is 1.76. The van der Waals surface area contributed by atoms with Gasteiger partial charge in [-0.1, -0.05) is 11.6 Å². The normalized spacial score (nSPS) is 9.47. The van der Waals surface area contributed by atoms with E-state index >= 15 is 0 Å². The second-order valence-electron chi connectivity index (χ2n) is 3.74. The SMILES string of the molecule is N#Cc1ccc(Nc2ccc(F)c(C#N)c2)c(Cl)c1. The van der Waals surface area contributed by atoms with Gasteiger partial charge in [-0.2, -0.15) is 10.5 Å². The smallest absolute Gasteiger partial charge is 0.141 e. The first kappa shape index (κ1) is 12.9. The third-order valence-corrected chi connectivity index (χ3v) is 2.78. The number of hydrogen-bond acceptors (Lipinski definition) is 3. The first-order valence-corrected chi connectivity index (χ1v) is 5.68. The molecule has 3 nitrogen and oxygen atoms in total. The van der Waals surface area contributed by atoms with Crippen LogP contribution in [0.25, 0.3) is 0 Å². The first-order valence-electron chi connectivity index (χ1n) is 5.30. The lowest BCUT2D eigenvalue weighted by Gasteiger charge is -2.09. The van der Waals surface area contributed by atoms with Gasteiger partial charge < -0.3 is 5.32 Å². The van der Waals surface area contributed by atoms with E-state index in [9.17, 15) is 4.39 Å². The highest BCUT2D eigenvalue weighted by atomic mass is 35.5. The predicted molar refractivity (Wildman–Crippen MR) is 70.6 cm³/mol. The standard InChI is InChI=1S/C14H7ClFN3/c15-12-5-9(7-17)1-4-14(12)19-11-2-3-13(16)10(6-11)8-18/h1-6,19H. The Morgan fingerprint density at radius 1 is 1.05 bits per heavy atom. The van der Waals surface area contributed by atoms with Crippen molar-refractivity contribution in [2.75, 3.05) is 5.32 Å². The fourth-order valence-electron chi connectivity index (χ4n) is 1.53. The lowest BCUT2D eigenvalue weighted by atomic mass is 10.2. The number of nitrogens with zero attached hydrogens (tertiary/aromatic N) is 2. The molecule has 0 bridgehead atoms. The van der Waals surface area contributed by atoms with Gasteiger partial charge in [0.15, 0.2) is 0 Å². The van der Waals surface area contributed by atoms with Crippen molar-refractivity contribution in [1.82, 2.24) is 0 Å². The average molecular weight is 272 g/mol. The Balaban J connectivity index is 2.32. The van der Waals surface area contributed by atoms with Crippen LogP contribution >= 0.6 is 11.6 Å². The van der Waals surface area contributed by atoms with Crippen LogP contribution in [-0.4, -0.2) is 0 Å². The van der Waals surface area contributed by atoms with Crippen LogP contribution in [0.3, 0.4) is 0 Å². The van der Waals surface area contributed by atoms with Crippen LogP contribution in [0.4, 0.5) is 15.8 Å². The van der Waals surface area contributed by atoms with Crippen molar-refractivity contribution in [2.24, 2.45) is 0 Å². The van der Waals surface area contributed by atoms with E-state index in [1.54, 1.807) is 18.2 Å². The maximum Gasteiger partial charge on any atom is 0.141 e. The maximum atomic E-state index is 13.2. The zero-order valence-electron chi connectivity index (χ0n) is 9.61. The summed E-state index contributed by atoms with van der Waals surface area (Å²) in [7, 11) is 0. The number of halogens is 2. The molecule has 0 amide bonds. The molecule has 0 aliphatic carbocycles. The molecular formula is C14H7ClFN3. The molecule has 0 aliphatic rings. The Hall–Kier alpha value is -2.56. The molecule has 0 saturated carbocycles. The Kier molecular flexibility index (Phi) is 3.66. The second-order valence-corrected chi connectivity index (χ2v) is 4.15. The summed E-state index contributed by atoms with van der Waals surface area (Å²) in [5.74, 6) is -0.570. The van der Waals surface area contributed by atoms with Crippen LogP contribution in [0.2, 0.25) is 5.02 Å². The molecule has 2 rings (SSSR count). The van der Waals surface area contributed by atoms with Crippen molar-refractivity contribution in [1.29, 1.82) is 10.5 Å². The van der Waals surface area contributed by atoms with E-state index in [0.717, 1.165) is 0 Å². The predicted octanol–water partition coefficient (Wildman–Crippen LogP) is 3.97. The number of hydrogen-bond donors (Lipinski definition) is 1. The van der Waals surface area contributed by atoms with Gasteiger partial charge in [0.2, 0.25) is 0 Å². The molecule has 0 spiro atoms. The quantitative estimate of drug-likeness (QED) is 0.899. The van der Waals surface area contributed by atoms with Gasteiger partial charge in [0.25, 0.3) is 0 Å².